The molecule has 0 spiro atoms. The van der Waals surface area contributed by atoms with Gasteiger partial charge in [-0.3, -0.25) is 9.36 Å². The summed E-state index contributed by atoms with van der Waals surface area (Å²) in [5.41, 5.74) is 2.51. The summed E-state index contributed by atoms with van der Waals surface area (Å²) in [4.78, 5) is 13.3. The highest BCUT2D eigenvalue weighted by Gasteiger charge is 2.26. The molecule has 1 heterocycles. The lowest BCUT2D eigenvalue weighted by Crippen LogP contribution is -2.25. The summed E-state index contributed by atoms with van der Waals surface area (Å²) < 4.78 is 27.8. The Labute approximate surface area is 209 Å². The van der Waals surface area contributed by atoms with Gasteiger partial charge >= 0.3 is 0 Å². The average molecular weight is 507 g/mol. The van der Waals surface area contributed by atoms with E-state index in [0.29, 0.717) is 11.6 Å². The molecule has 1 N–H and O–H groups in total. The number of para-hydroxylation sites is 1. The quantitative estimate of drug-likeness (QED) is 0.319. The van der Waals surface area contributed by atoms with Gasteiger partial charge in [-0.05, 0) is 55.3 Å². The molecule has 4 aromatic rings. The van der Waals surface area contributed by atoms with E-state index in [0.717, 1.165) is 16.9 Å². The Morgan fingerprint density at radius 1 is 0.971 bits per heavy atom. The topological polar surface area (TPSA) is 93.9 Å². The number of anilines is 1. The van der Waals surface area contributed by atoms with Crippen molar-refractivity contribution in [3.8, 4) is 5.69 Å². The number of aromatic nitrogens is 3. The van der Waals surface area contributed by atoms with Gasteiger partial charge in [0.15, 0.2) is 20.8 Å². The third-order valence-electron chi connectivity index (χ3n) is 5.33. The summed E-state index contributed by atoms with van der Waals surface area (Å²) >= 11 is 1.27. The van der Waals surface area contributed by atoms with E-state index in [-0.39, 0.29) is 22.4 Å². The number of carbonyl (C=O) groups excluding carboxylic acids is 1. The van der Waals surface area contributed by atoms with Gasteiger partial charge in [-0.25, -0.2) is 8.42 Å². The molecule has 3 aromatic carbocycles. The summed E-state index contributed by atoms with van der Waals surface area (Å²) in [6, 6.07) is 25.2. The molecule has 35 heavy (non-hydrogen) atoms. The maximum Gasteiger partial charge on any atom is 0.237 e. The van der Waals surface area contributed by atoms with Gasteiger partial charge in [-0.2, -0.15) is 0 Å². The van der Waals surface area contributed by atoms with Crippen molar-refractivity contribution < 1.29 is 13.2 Å². The maximum atomic E-state index is 13.1. The summed E-state index contributed by atoms with van der Waals surface area (Å²) in [6.07, 6.45) is 0.557. The first-order valence-electron chi connectivity index (χ1n) is 11.2. The molecule has 0 fully saturated rings. The molecule has 0 radical (unpaired) electrons. The molecule has 0 aliphatic carbocycles. The van der Waals surface area contributed by atoms with Crippen LogP contribution < -0.4 is 5.32 Å². The van der Waals surface area contributed by atoms with Crippen molar-refractivity contribution >= 4 is 33.2 Å². The van der Waals surface area contributed by atoms with Crippen molar-refractivity contribution in [3.05, 3.63) is 96.3 Å². The van der Waals surface area contributed by atoms with Crippen LogP contribution in [0.3, 0.4) is 0 Å². The van der Waals surface area contributed by atoms with Gasteiger partial charge in [0.05, 0.1) is 10.1 Å². The van der Waals surface area contributed by atoms with Crippen LogP contribution in [0.2, 0.25) is 0 Å². The summed E-state index contributed by atoms with van der Waals surface area (Å²) in [7, 11) is -3.64. The molecule has 1 aromatic heterocycles. The van der Waals surface area contributed by atoms with E-state index in [4.69, 9.17) is 0 Å². The Kier molecular flexibility index (Phi) is 7.67. The van der Waals surface area contributed by atoms with Gasteiger partial charge < -0.3 is 5.32 Å². The van der Waals surface area contributed by atoms with E-state index in [2.05, 4.69) is 15.5 Å². The minimum atomic E-state index is -3.64. The van der Waals surface area contributed by atoms with Crippen molar-refractivity contribution in [2.24, 2.45) is 0 Å². The van der Waals surface area contributed by atoms with Crippen LogP contribution in [0.1, 0.15) is 24.7 Å². The van der Waals surface area contributed by atoms with E-state index in [9.17, 15) is 13.2 Å². The molecule has 0 aliphatic rings. The van der Waals surface area contributed by atoms with E-state index >= 15 is 0 Å². The normalized spacial score (nSPS) is 12.3. The number of sulfone groups is 1. The van der Waals surface area contributed by atoms with Gasteiger partial charge in [-0.1, -0.05) is 67.2 Å². The number of carbonyl (C=O) groups is 1. The van der Waals surface area contributed by atoms with Crippen LogP contribution in [-0.2, 0) is 20.4 Å². The molecule has 7 nitrogen and oxygen atoms in total. The Balaban J connectivity index is 1.64. The standard InChI is InChI=1S/C26H26N4O3S2/c1-3-23(25(31)27-20-12-10-11-19(2)17-20)34-26-29-28-24(30(26)21-13-6-4-7-14-21)18-35(32,33)22-15-8-5-9-16-22/h4-17,23H,3,18H2,1-2H3,(H,27,31). The van der Waals surface area contributed by atoms with Crippen LogP contribution in [0.4, 0.5) is 5.69 Å². The number of amides is 1. The molecule has 1 amide bonds. The second-order valence-corrected chi connectivity index (χ2v) is 11.2. The summed E-state index contributed by atoms with van der Waals surface area (Å²) in [5, 5.41) is 11.5. The zero-order valence-corrected chi connectivity index (χ0v) is 21.1. The highest BCUT2D eigenvalue weighted by molar-refractivity contribution is 8.00. The second-order valence-electron chi connectivity index (χ2n) is 8.02. The fraction of sp³-hybridized carbons (Fsp3) is 0.192. The second kappa shape index (κ2) is 10.9. The predicted molar refractivity (Wildman–Crippen MR) is 138 cm³/mol. The molecular weight excluding hydrogens is 480 g/mol. The fourth-order valence-corrected chi connectivity index (χ4v) is 5.84. The first kappa shape index (κ1) is 24.7. The zero-order valence-electron chi connectivity index (χ0n) is 19.5. The molecule has 0 saturated heterocycles. The van der Waals surface area contributed by atoms with E-state index in [1.54, 1.807) is 34.9 Å². The highest BCUT2D eigenvalue weighted by atomic mass is 32.2. The molecule has 0 aliphatic heterocycles. The lowest BCUT2D eigenvalue weighted by Gasteiger charge is -2.16. The average Bonchev–Trinajstić information content (AvgIpc) is 3.24. The van der Waals surface area contributed by atoms with Crippen LogP contribution in [0.15, 0.2) is 95.0 Å². The molecule has 4 rings (SSSR count). The smallest absolute Gasteiger partial charge is 0.237 e. The predicted octanol–water partition coefficient (Wildman–Crippen LogP) is 5.06. The van der Waals surface area contributed by atoms with Gasteiger partial charge in [0, 0.05) is 11.4 Å². The number of hydrogen-bond donors (Lipinski definition) is 1. The molecule has 0 saturated carbocycles. The molecule has 9 heteroatoms. The van der Waals surface area contributed by atoms with Gasteiger partial charge in [-0.15, -0.1) is 10.2 Å². The Morgan fingerprint density at radius 3 is 2.31 bits per heavy atom. The van der Waals surface area contributed by atoms with Crippen molar-refractivity contribution in [1.29, 1.82) is 0 Å². The Morgan fingerprint density at radius 2 is 1.66 bits per heavy atom. The largest absolute Gasteiger partial charge is 0.325 e. The van der Waals surface area contributed by atoms with Crippen molar-refractivity contribution in [2.45, 2.75) is 41.3 Å². The van der Waals surface area contributed by atoms with Crippen LogP contribution in [0, 0.1) is 6.92 Å². The van der Waals surface area contributed by atoms with Gasteiger partial charge in [0.1, 0.15) is 5.75 Å². The number of nitrogens with zero attached hydrogens (tertiary/aromatic N) is 3. The van der Waals surface area contributed by atoms with Crippen molar-refractivity contribution in [3.63, 3.8) is 0 Å². The lowest BCUT2D eigenvalue weighted by atomic mass is 10.2. The first-order valence-corrected chi connectivity index (χ1v) is 13.7. The SMILES string of the molecule is CCC(Sc1nnc(CS(=O)(=O)c2ccccc2)n1-c1ccccc1)C(=O)Nc1cccc(C)c1. The van der Waals surface area contributed by atoms with E-state index < -0.39 is 15.1 Å². The lowest BCUT2D eigenvalue weighted by molar-refractivity contribution is -0.115. The van der Waals surface area contributed by atoms with Gasteiger partial charge in [0.2, 0.25) is 5.91 Å². The van der Waals surface area contributed by atoms with Crippen LogP contribution in [0.5, 0.6) is 0 Å². The van der Waals surface area contributed by atoms with Crippen LogP contribution >= 0.6 is 11.8 Å². The molecule has 180 valence electrons. The molecule has 1 unspecified atom stereocenters. The Hall–Kier alpha value is -3.43. The number of hydrogen-bond acceptors (Lipinski definition) is 6. The van der Waals surface area contributed by atoms with E-state index in [1.165, 1.54) is 11.8 Å². The Bertz CT molecular complexity index is 1410. The van der Waals surface area contributed by atoms with Crippen LogP contribution in [-0.4, -0.2) is 34.3 Å². The molecule has 1 atom stereocenters. The summed E-state index contributed by atoms with van der Waals surface area (Å²) in [5.74, 6) is -0.174. The third-order valence-corrected chi connectivity index (χ3v) is 8.27. The third kappa shape index (κ3) is 5.98. The number of benzene rings is 3. The number of thioether (sulfide) groups is 1. The maximum absolute atomic E-state index is 13.1. The van der Waals surface area contributed by atoms with Crippen molar-refractivity contribution in [2.75, 3.05) is 5.32 Å². The monoisotopic (exact) mass is 506 g/mol. The van der Waals surface area contributed by atoms with Crippen molar-refractivity contribution in [1.82, 2.24) is 14.8 Å². The number of rotatable bonds is 9. The highest BCUT2D eigenvalue weighted by Crippen LogP contribution is 2.29. The fourth-order valence-electron chi connectivity index (χ4n) is 3.58. The molecule has 0 bridgehead atoms. The van der Waals surface area contributed by atoms with Crippen LogP contribution in [0.25, 0.3) is 5.69 Å². The summed E-state index contributed by atoms with van der Waals surface area (Å²) in [6.45, 7) is 3.90. The minimum Gasteiger partial charge on any atom is -0.325 e. The number of nitrogens with one attached hydrogen (secondary N) is 1. The zero-order chi connectivity index (χ0) is 24.8. The van der Waals surface area contributed by atoms with E-state index in [1.807, 2.05) is 68.4 Å². The number of aryl methyl sites for hydroxylation is 1. The molecular formula is C26H26N4O3S2. The minimum absolute atomic E-state index is 0.149. The van der Waals surface area contributed by atoms with Gasteiger partial charge in [0.25, 0.3) is 0 Å². The first-order chi connectivity index (χ1) is 16.9.